The molecule has 3 rings (SSSR count). The zero-order valence-electron chi connectivity index (χ0n) is 12.4. The van der Waals surface area contributed by atoms with Gasteiger partial charge in [-0.2, -0.15) is 4.57 Å². The van der Waals surface area contributed by atoms with Gasteiger partial charge < -0.3 is 5.32 Å². The summed E-state index contributed by atoms with van der Waals surface area (Å²) in [5.41, 5.74) is 2.90. The number of hydrogen-bond acceptors (Lipinski definition) is 1. The van der Waals surface area contributed by atoms with Crippen LogP contribution in [0.2, 0.25) is 0 Å². The van der Waals surface area contributed by atoms with E-state index in [0.29, 0.717) is 0 Å². The summed E-state index contributed by atoms with van der Waals surface area (Å²) < 4.78 is 2.07. The molecule has 1 heterocycles. The third-order valence-corrected chi connectivity index (χ3v) is 3.57. The Morgan fingerprint density at radius 3 is 2.50 bits per heavy atom. The molecule has 0 unspecified atom stereocenters. The van der Waals surface area contributed by atoms with Gasteiger partial charge in [-0.1, -0.05) is 30.3 Å². The van der Waals surface area contributed by atoms with E-state index < -0.39 is 0 Å². The predicted octanol–water partition coefficient (Wildman–Crippen LogP) is 3.32. The highest BCUT2D eigenvalue weighted by Crippen LogP contribution is 2.11. The smallest absolute Gasteiger partial charge is 0.248 e. The van der Waals surface area contributed by atoms with E-state index in [1.54, 1.807) is 6.08 Å². The molecule has 3 aromatic rings. The van der Waals surface area contributed by atoms with Crippen molar-refractivity contribution in [1.29, 1.82) is 0 Å². The number of carbonyl (C=O) groups is 1. The Hall–Kier alpha value is -2.94. The molecule has 1 N–H and O–H groups in total. The highest BCUT2D eigenvalue weighted by molar-refractivity contribution is 6.01. The molecular weight excluding hydrogens is 272 g/mol. The van der Waals surface area contributed by atoms with Crippen molar-refractivity contribution in [1.82, 2.24) is 0 Å². The largest absolute Gasteiger partial charge is 0.323 e. The van der Waals surface area contributed by atoms with Crippen molar-refractivity contribution in [2.45, 2.75) is 0 Å². The van der Waals surface area contributed by atoms with Crippen LogP contribution >= 0.6 is 0 Å². The molecule has 1 aromatic heterocycles. The first-order valence-corrected chi connectivity index (χ1v) is 7.16. The first kappa shape index (κ1) is 14.0. The second kappa shape index (κ2) is 6.22. The lowest BCUT2D eigenvalue weighted by Crippen LogP contribution is -2.32. The lowest BCUT2D eigenvalue weighted by molar-refractivity contribution is -0.646. The lowest BCUT2D eigenvalue weighted by Gasteiger charge is -2.01. The van der Waals surface area contributed by atoms with Crippen molar-refractivity contribution in [3.8, 4) is 0 Å². The Bertz CT molecular complexity index is 838. The molecule has 0 radical (unpaired) electrons. The molecule has 1 amide bonds. The Kier molecular flexibility index (Phi) is 3.97. The number of anilines is 1. The highest BCUT2D eigenvalue weighted by Gasteiger charge is 2.08. The van der Waals surface area contributed by atoms with E-state index in [9.17, 15) is 4.79 Å². The molecule has 2 aromatic carbocycles. The monoisotopic (exact) mass is 289 g/mol. The average molecular weight is 289 g/mol. The van der Waals surface area contributed by atoms with Crippen molar-refractivity contribution in [2.24, 2.45) is 7.05 Å². The van der Waals surface area contributed by atoms with Gasteiger partial charge in [0.1, 0.15) is 7.05 Å². The number of fused-ring (bicyclic) bond motifs is 1. The number of aromatic nitrogens is 1. The van der Waals surface area contributed by atoms with Crippen LogP contribution in [0.25, 0.3) is 17.0 Å². The third-order valence-electron chi connectivity index (χ3n) is 3.57. The van der Waals surface area contributed by atoms with Gasteiger partial charge in [0, 0.05) is 35.4 Å². The zero-order chi connectivity index (χ0) is 15.4. The Morgan fingerprint density at radius 2 is 1.68 bits per heavy atom. The standard InChI is InChI=1S/C19H16N2O/c1-21-17(12-11-15-7-5-6-10-18(15)21)13-14-19(22)20-16-8-3-2-4-9-16/h2-14H,1H3/p+1/b14-13+. The molecule has 22 heavy (non-hydrogen) atoms. The van der Waals surface area contributed by atoms with Gasteiger partial charge in [0.05, 0.1) is 0 Å². The lowest BCUT2D eigenvalue weighted by atomic mass is 10.2. The quantitative estimate of drug-likeness (QED) is 0.582. The molecule has 0 saturated heterocycles. The van der Waals surface area contributed by atoms with Crippen LogP contribution in [0.1, 0.15) is 5.69 Å². The van der Waals surface area contributed by atoms with Gasteiger partial charge in [-0.3, -0.25) is 4.79 Å². The minimum Gasteiger partial charge on any atom is -0.323 e. The Morgan fingerprint density at radius 1 is 0.955 bits per heavy atom. The fraction of sp³-hybridized carbons (Fsp3) is 0.0526. The van der Waals surface area contributed by atoms with Gasteiger partial charge in [0.25, 0.3) is 0 Å². The summed E-state index contributed by atoms with van der Waals surface area (Å²) in [6.45, 7) is 0. The van der Waals surface area contributed by atoms with E-state index in [1.165, 1.54) is 5.39 Å². The first-order valence-electron chi connectivity index (χ1n) is 7.16. The summed E-state index contributed by atoms with van der Waals surface area (Å²) in [7, 11) is 2.00. The van der Waals surface area contributed by atoms with Crippen molar-refractivity contribution < 1.29 is 9.36 Å². The number of hydrogen-bond donors (Lipinski definition) is 1. The topological polar surface area (TPSA) is 33.0 Å². The van der Waals surface area contributed by atoms with Gasteiger partial charge >= 0.3 is 0 Å². The van der Waals surface area contributed by atoms with Gasteiger partial charge in [0.2, 0.25) is 17.1 Å². The first-order chi connectivity index (χ1) is 10.7. The van der Waals surface area contributed by atoms with Crippen LogP contribution in [0.15, 0.2) is 72.8 Å². The van der Waals surface area contributed by atoms with Crippen LogP contribution < -0.4 is 9.88 Å². The average Bonchev–Trinajstić information content (AvgIpc) is 2.55. The van der Waals surface area contributed by atoms with Crippen molar-refractivity contribution in [3.05, 3.63) is 78.5 Å². The molecule has 3 heteroatoms. The SMILES string of the molecule is C[n+]1c(/C=C/C(=O)Nc2ccccc2)ccc2ccccc21. The number of rotatable bonds is 3. The number of nitrogens with zero attached hydrogens (tertiary/aromatic N) is 1. The number of para-hydroxylation sites is 2. The van der Waals surface area contributed by atoms with E-state index in [0.717, 1.165) is 16.9 Å². The van der Waals surface area contributed by atoms with E-state index in [1.807, 2.05) is 61.7 Å². The third kappa shape index (κ3) is 3.04. The molecule has 0 aliphatic carbocycles. The normalized spacial score (nSPS) is 11.0. The van der Waals surface area contributed by atoms with Crippen molar-refractivity contribution in [3.63, 3.8) is 0 Å². The summed E-state index contributed by atoms with van der Waals surface area (Å²) in [5.74, 6) is -0.139. The number of aryl methyl sites for hydroxylation is 1. The Labute approximate surface area is 129 Å². The Balaban J connectivity index is 1.80. The number of benzene rings is 2. The maximum Gasteiger partial charge on any atom is 0.248 e. The maximum atomic E-state index is 12.0. The fourth-order valence-electron chi connectivity index (χ4n) is 2.39. The number of amides is 1. The van der Waals surface area contributed by atoms with Crippen LogP contribution in [-0.2, 0) is 11.8 Å². The van der Waals surface area contributed by atoms with Gasteiger partial charge in [0.15, 0.2) is 0 Å². The summed E-state index contributed by atoms with van der Waals surface area (Å²) in [5, 5.41) is 4.01. The zero-order valence-corrected chi connectivity index (χ0v) is 12.4. The van der Waals surface area contributed by atoms with Crippen LogP contribution in [0, 0.1) is 0 Å². The summed E-state index contributed by atoms with van der Waals surface area (Å²) in [6, 6.07) is 21.7. The van der Waals surface area contributed by atoms with Crippen LogP contribution in [0.5, 0.6) is 0 Å². The molecule has 0 aliphatic rings. The highest BCUT2D eigenvalue weighted by atomic mass is 16.1. The molecule has 0 fully saturated rings. The van der Waals surface area contributed by atoms with E-state index in [-0.39, 0.29) is 5.91 Å². The van der Waals surface area contributed by atoms with E-state index in [4.69, 9.17) is 0 Å². The molecule has 0 spiro atoms. The molecule has 0 saturated carbocycles. The minimum atomic E-state index is -0.139. The predicted molar refractivity (Wildman–Crippen MR) is 89.2 cm³/mol. The van der Waals surface area contributed by atoms with Gasteiger partial charge in [-0.25, -0.2) is 0 Å². The fourth-order valence-corrected chi connectivity index (χ4v) is 2.39. The number of pyridine rings is 1. The van der Waals surface area contributed by atoms with Gasteiger partial charge in [-0.15, -0.1) is 0 Å². The van der Waals surface area contributed by atoms with E-state index in [2.05, 4.69) is 28.1 Å². The molecule has 0 atom stereocenters. The van der Waals surface area contributed by atoms with Crippen LogP contribution in [0.4, 0.5) is 5.69 Å². The van der Waals surface area contributed by atoms with Crippen LogP contribution in [-0.4, -0.2) is 5.91 Å². The molecular formula is C19H17N2O+. The number of carbonyl (C=O) groups excluding carboxylic acids is 1. The molecule has 0 bridgehead atoms. The molecule has 108 valence electrons. The maximum absolute atomic E-state index is 12.0. The minimum absolute atomic E-state index is 0.139. The van der Waals surface area contributed by atoms with E-state index >= 15 is 0 Å². The second-order valence-electron chi connectivity index (χ2n) is 5.06. The van der Waals surface area contributed by atoms with Gasteiger partial charge in [-0.05, 0) is 24.3 Å². The summed E-state index contributed by atoms with van der Waals surface area (Å²) >= 11 is 0. The molecule has 3 nitrogen and oxygen atoms in total. The van der Waals surface area contributed by atoms with Crippen molar-refractivity contribution >= 4 is 28.6 Å². The summed E-state index contributed by atoms with van der Waals surface area (Å²) in [6.07, 6.45) is 3.38. The number of nitrogens with one attached hydrogen (secondary N) is 1. The second-order valence-corrected chi connectivity index (χ2v) is 5.06. The summed E-state index contributed by atoms with van der Waals surface area (Å²) in [4.78, 5) is 12.0. The van der Waals surface area contributed by atoms with Crippen LogP contribution in [0.3, 0.4) is 0 Å². The van der Waals surface area contributed by atoms with Crippen molar-refractivity contribution in [2.75, 3.05) is 5.32 Å². The molecule has 0 aliphatic heterocycles.